The lowest BCUT2D eigenvalue weighted by Crippen LogP contribution is -2.05. The molecule has 0 aliphatic rings. The summed E-state index contributed by atoms with van der Waals surface area (Å²) in [5.41, 5.74) is 1.53. The minimum atomic E-state index is -1.04. The SMILES string of the molecule is C/C(=N/OCC(=O)O)c1ccc(Br)cc1. The van der Waals surface area contributed by atoms with Gasteiger partial charge in [-0.15, -0.1) is 0 Å². The molecule has 0 radical (unpaired) electrons. The summed E-state index contributed by atoms with van der Waals surface area (Å²) in [5.74, 6) is -1.04. The normalized spacial score (nSPS) is 11.2. The first-order valence-electron chi connectivity index (χ1n) is 4.24. The smallest absolute Gasteiger partial charge is 0.344 e. The number of benzene rings is 1. The molecule has 0 aliphatic heterocycles. The quantitative estimate of drug-likeness (QED) is 0.675. The number of carboxylic acids is 1. The van der Waals surface area contributed by atoms with Crippen LogP contribution in [0.1, 0.15) is 12.5 Å². The molecule has 0 atom stereocenters. The summed E-state index contributed by atoms with van der Waals surface area (Å²) >= 11 is 3.32. The molecule has 0 aliphatic carbocycles. The van der Waals surface area contributed by atoms with Crippen molar-refractivity contribution in [3.8, 4) is 0 Å². The fraction of sp³-hybridized carbons (Fsp3) is 0.200. The van der Waals surface area contributed by atoms with Crippen LogP contribution in [0.3, 0.4) is 0 Å². The zero-order valence-electron chi connectivity index (χ0n) is 8.11. The number of rotatable bonds is 4. The van der Waals surface area contributed by atoms with Gasteiger partial charge in [0.15, 0.2) is 0 Å². The maximum atomic E-state index is 10.2. The second kappa shape index (κ2) is 5.50. The van der Waals surface area contributed by atoms with E-state index in [1.807, 2.05) is 24.3 Å². The minimum absolute atomic E-state index is 0.423. The zero-order valence-corrected chi connectivity index (χ0v) is 9.69. The molecule has 0 heterocycles. The van der Waals surface area contributed by atoms with Crippen molar-refractivity contribution in [1.82, 2.24) is 0 Å². The van der Waals surface area contributed by atoms with Gasteiger partial charge in [-0.1, -0.05) is 33.2 Å². The Kier molecular flexibility index (Phi) is 4.30. The molecule has 0 saturated heterocycles. The summed E-state index contributed by atoms with van der Waals surface area (Å²) in [6.07, 6.45) is 0. The van der Waals surface area contributed by atoms with Gasteiger partial charge in [0, 0.05) is 4.47 Å². The van der Waals surface area contributed by atoms with E-state index in [9.17, 15) is 4.79 Å². The molecule has 0 saturated carbocycles. The summed E-state index contributed by atoms with van der Waals surface area (Å²) < 4.78 is 0.977. The van der Waals surface area contributed by atoms with Crippen molar-refractivity contribution in [2.75, 3.05) is 6.61 Å². The van der Waals surface area contributed by atoms with Gasteiger partial charge in [-0.25, -0.2) is 4.79 Å². The Bertz CT molecular complexity index is 373. The first kappa shape index (κ1) is 11.7. The second-order valence-electron chi connectivity index (χ2n) is 2.85. The predicted octanol–water partition coefficient (Wildman–Crippen LogP) is 2.27. The van der Waals surface area contributed by atoms with Gasteiger partial charge >= 0.3 is 5.97 Å². The van der Waals surface area contributed by atoms with Crippen LogP contribution in [0.5, 0.6) is 0 Å². The molecule has 0 spiro atoms. The van der Waals surface area contributed by atoms with Gasteiger partial charge in [-0.05, 0) is 24.6 Å². The highest BCUT2D eigenvalue weighted by atomic mass is 79.9. The molecule has 0 bridgehead atoms. The zero-order chi connectivity index (χ0) is 11.3. The molecule has 4 nitrogen and oxygen atoms in total. The third kappa shape index (κ3) is 4.12. The van der Waals surface area contributed by atoms with Crippen LogP contribution in [0.2, 0.25) is 0 Å². The second-order valence-corrected chi connectivity index (χ2v) is 3.77. The molecular formula is C10H10BrNO3. The number of aliphatic carboxylic acids is 1. The summed E-state index contributed by atoms with van der Waals surface area (Å²) in [6, 6.07) is 7.50. The van der Waals surface area contributed by atoms with Crippen LogP contribution >= 0.6 is 15.9 Å². The van der Waals surface area contributed by atoms with Crippen LogP contribution in [-0.2, 0) is 9.63 Å². The van der Waals surface area contributed by atoms with Gasteiger partial charge in [-0.2, -0.15) is 0 Å². The van der Waals surface area contributed by atoms with Gasteiger partial charge in [0.2, 0.25) is 6.61 Å². The summed E-state index contributed by atoms with van der Waals surface area (Å²) in [6.45, 7) is 1.33. The molecule has 0 unspecified atom stereocenters. The fourth-order valence-corrected chi connectivity index (χ4v) is 1.19. The van der Waals surface area contributed by atoms with Crippen molar-refractivity contribution < 1.29 is 14.7 Å². The van der Waals surface area contributed by atoms with Gasteiger partial charge in [0.25, 0.3) is 0 Å². The lowest BCUT2D eigenvalue weighted by atomic mass is 10.1. The van der Waals surface area contributed by atoms with E-state index < -0.39 is 12.6 Å². The highest BCUT2D eigenvalue weighted by molar-refractivity contribution is 9.10. The first-order valence-corrected chi connectivity index (χ1v) is 5.03. The summed E-state index contributed by atoms with van der Waals surface area (Å²) in [4.78, 5) is 14.8. The van der Waals surface area contributed by atoms with Gasteiger partial charge in [-0.3, -0.25) is 0 Å². The van der Waals surface area contributed by atoms with Crippen LogP contribution in [0.25, 0.3) is 0 Å². The average molecular weight is 272 g/mol. The molecule has 0 aromatic heterocycles. The van der Waals surface area contributed by atoms with Crippen LogP contribution in [0.4, 0.5) is 0 Å². The van der Waals surface area contributed by atoms with E-state index in [0.29, 0.717) is 5.71 Å². The fourth-order valence-electron chi connectivity index (χ4n) is 0.928. The molecule has 1 aromatic carbocycles. The number of halogens is 1. The van der Waals surface area contributed by atoms with Crippen molar-refractivity contribution in [3.05, 3.63) is 34.3 Å². The topological polar surface area (TPSA) is 58.9 Å². The monoisotopic (exact) mass is 271 g/mol. The molecule has 1 rings (SSSR count). The highest BCUT2D eigenvalue weighted by Crippen LogP contribution is 2.11. The van der Waals surface area contributed by atoms with Crippen molar-refractivity contribution >= 4 is 27.6 Å². The maximum absolute atomic E-state index is 10.2. The number of hydrogen-bond acceptors (Lipinski definition) is 3. The number of carbonyl (C=O) groups is 1. The third-order valence-electron chi connectivity index (χ3n) is 1.65. The molecule has 0 fully saturated rings. The molecule has 5 heteroatoms. The molecule has 15 heavy (non-hydrogen) atoms. The lowest BCUT2D eigenvalue weighted by Gasteiger charge is -2.00. The molecule has 1 N–H and O–H groups in total. The number of nitrogens with zero attached hydrogens (tertiary/aromatic N) is 1. The largest absolute Gasteiger partial charge is 0.479 e. The maximum Gasteiger partial charge on any atom is 0.344 e. The van der Waals surface area contributed by atoms with E-state index >= 15 is 0 Å². The lowest BCUT2D eigenvalue weighted by molar-refractivity contribution is -0.142. The minimum Gasteiger partial charge on any atom is -0.479 e. The van der Waals surface area contributed by atoms with E-state index in [4.69, 9.17) is 5.11 Å². The molecule has 0 amide bonds. The summed E-state index contributed by atoms with van der Waals surface area (Å²) in [7, 11) is 0. The van der Waals surface area contributed by atoms with Gasteiger partial charge in [0.05, 0.1) is 5.71 Å². The molecular weight excluding hydrogens is 262 g/mol. The van der Waals surface area contributed by atoms with Crippen LogP contribution in [0.15, 0.2) is 33.9 Å². The number of carboxylic acid groups (broad SMARTS) is 1. The Balaban J connectivity index is 2.63. The van der Waals surface area contributed by atoms with Gasteiger partial charge in [0.1, 0.15) is 0 Å². The van der Waals surface area contributed by atoms with Crippen LogP contribution < -0.4 is 0 Å². The Morgan fingerprint density at radius 1 is 1.47 bits per heavy atom. The Morgan fingerprint density at radius 3 is 2.60 bits per heavy atom. The van der Waals surface area contributed by atoms with E-state index in [2.05, 4.69) is 25.9 Å². The Morgan fingerprint density at radius 2 is 2.07 bits per heavy atom. The standard InChI is InChI=1S/C10H10BrNO3/c1-7(12-15-6-10(13)14)8-2-4-9(11)5-3-8/h2-5H,6H2,1H3,(H,13,14)/b12-7-. The first-order chi connectivity index (χ1) is 7.09. The summed E-state index contributed by atoms with van der Waals surface area (Å²) in [5, 5.41) is 12.0. The van der Waals surface area contributed by atoms with Crippen LogP contribution in [0, 0.1) is 0 Å². The number of oxime groups is 1. The van der Waals surface area contributed by atoms with Gasteiger partial charge < -0.3 is 9.94 Å². The van der Waals surface area contributed by atoms with E-state index in [-0.39, 0.29) is 0 Å². The Labute approximate surface area is 95.7 Å². The van der Waals surface area contributed by atoms with E-state index in [1.54, 1.807) is 6.92 Å². The molecule has 80 valence electrons. The van der Waals surface area contributed by atoms with Crippen molar-refractivity contribution in [1.29, 1.82) is 0 Å². The van der Waals surface area contributed by atoms with Crippen molar-refractivity contribution in [3.63, 3.8) is 0 Å². The number of hydrogen-bond donors (Lipinski definition) is 1. The predicted molar refractivity (Wildman–Crippen MR) is 59.9 cm³/mol. The van der Waals surface area contributed by atoms with E-state index in [0.717, 1.165) is 10.0 Å². The highest BCUT2D eigenvalue weighted by Gasteiger charge is 1.99. The van der Waals surface area contributed by atoms with Crippen molar-refractivity contribution in [2.24, 2.45) is 5.16 Å². The third-order valence-corrected chi connectivity index (χ3v) is 2.18. The van der Waals surface area contributed by atoms with E-state index in [1.165, 1.54) is 0 Å². The average Bonchev–Trinajstić information content (AvgIpc) is 2.18. The Hall–Kier alpha value is -1.36. The van der Waals surface area contributed by atoms with Crippen molar-refractivity contribution in [2.45, 2.75) is 6.92 Å². The van der Waals surface area contributed by atoms with Crippen LogP contribution in [-0.4, -0.2) is 23.4 Å². The molecule has 1 aromatic rings.